The van der Waals surface area contributed by atoms with E-state index < -0.39 is 5.41 Å². The van der Waals surface area contributed by atoms with E-state index in [2.05, 4.69) is 17.2 Å². The lowest BCUT2D eigenvalue weighted by Gasteiger charge is -2.18. The Hall–Kier alpha value is -2.60. The number of nitrogens with one attached hydrogen (secondary N) is 1. The number of hydrogen-bond acceptors (Lipinski definition) is 1. The quantitative estimate of drug-likeness (QED) is 0.771. The summed E-state index contributed by atoms with van der Waals surface area (Å²) in [7, 11) is 0. The van der Waals surface area contributed by atoms with E-state index in [9.17, 15) is 9.18 Å². The van der Waals surface area contributed by atoms with Crippen molar-refractivity contribution in [2.75, 3.05) is 5.32 Å². The number of rotatable bonds is 1. The molecule has 3 heteroatoms. The van der Waals surface area contributed by atoms with Crippen molar-refractivity contribution in [3.8, 4) is 11.8 Å². The molecule has 23 heavy (non-hydrogen) atoms. The van der Waals surface area contributed by atoms with Crippen LogP contribution in [0.15, 0.2) is 42.5 Å². The van der Waals surface area contributed by atoms with Crippen LogP contribution in [0.3, 0.4) is 0 Å². The van der Waals surface area contributed by atoms with E-state index >= 15 is 0 Å². The summed E-state index contributed by atoms with van der Waals surface area (Å²) in [6, 6.07) is 12.0. The van der Waals surface area contributed by atoms with Crippen LogP contribution in [-0.4, -0.2) is 5.91 Å². The predicted molar refractivity (Wildman–Crippen MR) is 91.6 cm³/mol. The van der Waals surface area contributed by atoms with Crippen molar-refractivity contribution < 1.29 is 9.18 Å². The molecule has 0 aliphatic heterocycles. The molecule has 0 atom stereocenters. The molecule has 0 spiro atoms. The highest BCUT2D eigenvalue weighted by atomic mass is 19.1. The van der Waals surface area contributed by atoms with E-state index in [1.165, 1.54) is 18.2 Å². The van der Waals surface area contributed by atoms with Gasteiger partial charge in [0.1, 0.15) is 5.82 Å². The van der Waals surface area contributed by atoms with Gasteiger partial charge in [0.15, 0.2) is 0 Å². The number of anilines is 1. The zero-order valence-electron chi connectivity index (χ0n) is 13.8. The third-order valence-corrected chi connectivity index (χ3v) is 3.30. The number of aryl methyl sites for hydroxylation is 1. The maximum atomic E-state index is 13.5. The van der Waals surface area contributed by atoms with Crippen LogP contribution in [0.4, 0.5) is 10.1 Å². The fourth-order valence-corrected chi connectivity index (χ4v) is 1.82. The van der Waals surface area contributed by atoms with Gasteiger partial charge in [-0.15, -0.1) is 0 Å². The maximum Gasteiger partial charge on any atom is 0.229 e. The van der Waals surface area contributed by atoms with Gasteiger partial charge in [0.25, 0.3) is 0 Å². The molecule has 2 aromatic carbocycles. The molecule has 0 aromatic heterocycles. The highest BCUT2D eigenvalue weighted by Crippen LogP contribution is 2.21. The molecule has 0 unspecified atom stereocenters. The Balaban J connectivity index is 2.33. The van der Waals surface area contributed by atoms with E-state index in [1.807, 2.05) is 52.0 Å². The Morgan fingerprint density at radius 3 is 2.30 bits per heavy atom. The molecule has 2 nitrogen and oxygen atoms in total. The van der Waals surface area contributed by atoms with E-state index in [4.69, 9.17) is 0 Å². The zero-order chi connectivity index (χ0) is 17.0. The van der Waals surface area contributed by atoms with Gasteiger partial charge in [0.2, 0.25) is 5.91 Å². The molecule has 0 heterocycles. The summed E-state index contributed by atoms with van der Waals surface area (Å²) in [6.07, 6.45) is 0. The summed E-state index contributed by atoms with van der Waals surface area (Å²) in [4.78, 5) is 12.1. The monoisotopic (exact) mass is 309 g/mol. The van der Waals surface area contributed by atoms with Crippen LogP contribution in [-0.2, 0) is 4.79 Å². The second-order valence-corrected chi connectivity index (χ2v) is 6.51. The summed E-state index contributed by atoms with van der Waals surface area (Å²) >= 11 is 0. The molecular formula is C20H20FNO. The van der Waals surface area contributed by atoms with Gasteiger partial charge in [-0.3, -0.25) is 4.79 Å². The topological polar surface area (TPSA) is 29.1 Å². The first-order valence-electron chi connectivity index (χ1n) is 7.45. The van der Waals surface area contributed by atoms with Gasteiger partial charge in [0, 0.05) is 11.0 Å². The lowest BCUT2D eigenvalue weighted by Crippen LogP contribution is -2.27. The van der Waals surface area contributed by atoms with Crippen molar-refractivity contribution in [1.29, 1.82) is 0 Å². The molecule has 0 saturated carbocycles. The first kappa shape index (κ1) is 16.8. The highest BCUT2D eigenvalue weighted by Gasteiger charge is 2.21. The second kappa shape index (κ2) is 6.66. The van der Waals surface area contributed by atoms with Crippen molar-refractivity contribution in [2.45, 2.75) is 27.7 Å². The number of hydrogen-bond donors (Lipinski definition) is 1. The van der Waals surface area contributed by atoms with E-state index in [1.54, 1.807) is 0 Å². The number of benzene rings is 2. The Bertz CT molecular complexity index is 774. The normalized spacial score (nSPS) is 10.7. The Labute approximate surface area is 136 Å². The molecule has 0 radical (unpaired) electrons. The molecule has 1 amide bonds. The standard InChI is InChI=1S/C20H20FNO/c1-14-5-7-15(8-6-14)9-10-16-13-17(21)11-12-18(16)22-19(23)20(2,3)4/h5-8,11-13H,1-4H3,(H,22,23). The minimum atomic E-state index is -0.532. The predicted octanol–water partition coefficient (Wildman–Crippen LogP) is 4.52. The summed E-state index contributed by atoms with van der Waals surface area (Å²) < 4.78 is 13.5. The number of carbonyl (C=O) groups is 1. The molecule has 0 saturated heterocycles. The Morgan fingerprint density at radius 1 is 1.04 bits per heavy atom. The van der Waals surface area contributed by atoms with Crippen LogP contribution in [0, 0.1) is 30.0 Å². The average Bonchev–Trinajstić information content (AvgIpc) is 2.48. The third-order valence-electron chi connectivity index (χ3n) is 3.30. The largest absolute Gasteiger partial charge is 0.325 e. The van der Waals surface area contributed by atoms with Gasteiger partial charge in [-0.2, -0.15) is 0 Å². The summed E-state index contributed by atoms with van der Waals surface area (Å²) in [5, 5.41) is 2.81. The van der Waals surface area contributed by atoms with Crippen LogP contribution < -0.4 is 5.32 Å². The average molecular weight is 309 g/mol. The molecule has 0 aliphatic carbocycles. The molecule has 0 bridgehead atoms. The van der Waals surface area contributed by atoms with Crippen LogP contribution in [0.2, 0.25) is 0 Å². The Kier molecular flexibility index (Phi) is 4.86. The van der Waals surface area contributed by atoms with E-state index in [-0.39, 0.29) is 11.7 Å². The van der Waals surface area contributed by atoms with Gasteiger partial charge < -0.3 is 5.32 Å². The van der Waals surface area contributed by atoms with Crippen LogP contribution in [0.25, 0.3) is 0 Å². The van der Waals surface area contributed by atoms with Crippen LogP contribution >= 0.6 is 0 Å². The lowest BCUT2D eigenvalue weighted by atomic mass is 9.95. The van der Waals surface area contributed by atoms with Gasteiger partial charge in [-0.1, -0.05) is 50.3 Å². The van der Waals surface area contributed by atoms with Crippen molar-refractivity contribution in [2.24, 2.45) is 5.41 Å². The molecular weight excluding hydrogens is 289 g/mol. The first-order valence-corrected chi connectivity index (χ1v) is 7.45. The molecule has 118 valence electrons. The SMILES string of the molecule is Cc1ccc(C#Cc2cc(F)ccc2NC(=O)C(C)(C)C)cc1. The van der Waals surface area contributed by atoms with Gasteiger partial charge >= 0.3 is 0 Å². The first-order chi connectivity index (χ1) is 10.8. The van der Waals surface area contributed by atoms with Crippen molar-refractivity contribution in [3.05, 3.63) is 65.0 Å². The number of carbonyl (C=O) groups excluding carboxylic acids is 1. The molecule has 0 aliphatic rings. The highest BCUT2D eigenvalue weighted by molar-refractivity contribution is 5.95. The fourth-order valence-electron chi connectivity index (χ4n) is 1.82. The fraction of sp³-hybridized carbons (Fsp3) is 0.250. The molecule has 2 rings (SSSR count). The summed E-state index contributed by atoms with van der Waals surface area (Å²) in [5.74, 6) is 5.42. The van der Waals surface area contributed by atoms with Gasteiger partial charge in [-0.05, 0) is 37.3 Å². The van der Waals surface area contributed by atoms with Crippen molar-refractivity contribution in [3.63, 3.8) is 0 Å². The third kappa shape index (κ3) is 4.69. The van der Waals surface area contributed by atoms with Gasteiger partial charge in [0.05, 0.1) is 11.3 Å². The molecule has 0 fully saturated rings. The zero-order valence-corrected chi connectivity index (χ0v) is 13.8. The maximum absolute atomic E-state index is 13.5. The van der Waals surface area contributed by atoms with E-state index in [0.717, 1.165) is 11.1 Å². The smallest absolute Gasteiger partial charge is 0.229 e. The van der Waals surface area contributed by atoms with Crippen molar-refractivity contribution in [1.82, 2.24) is 0 Å². The lowest BCUT2D eigenvalue weighted by molar-refractivity contribution is -0.123. The Morgan fingerprint density at radius 2 is 1.70 bits per heavy atom. The minimum absolute atomic E-state index is 0.137. The van der Waals surface area contributed by atoms with Gasteiger partial charge in [-0.25, -0.2) is 4.39 Å². The van der Waals surface area contributed by atoms with Crippen molar-refractivity contribution >= 4 is 11.6 Å². The summed E-state index contributed by atoms with van der Waals surface area (Å²) in [6.45, 7) is 7.47. The number of amides is 1. The number of halogens is 1. The molecule has 1 N–H and O–H groups in total. The minimum Gasteiger partial charge on any atom is -0.325 e. The second-order valence-electron chi connectivity index (χ2n) is 6.51. The summed E-state index contributed by atoms with van der Waals surface area (Å²) in [5.41, 5.74) is 2.44. The van der Waals surface area contributed by atoms with Crippen LogP contribution in [0.1, 0.15) is 37.5 Å². The molecule has 2 aromatic rings. The van der Waals surface area contributed by atoms with Crippen LogP contribution in [0.5, 0.6) is 0 Å². The van der Waals surface area contributed by atoms with E-state index in [0.29, 0.717) is 11.3 Å².